The zero-order valence-electron chi connectivity index (χ0n) is 24.1. The van der Waals surface area contributed by atoms with Crippen molar-refractivity contribution in [1.82, 2.24) is 10.2 Å². The van der Waals surface area contributed by atoms with Gasteiger partial charge in [-0.05, 0) is 53.6 Å². The summed E-state index contributed by atoms with van der Waals surface area (Å²) in [5.41, 5.74) is 9.22. The molecule has 0 radical (unpaired) electrons. The number of ether oxygens (including phenoxy) is 1. The number of nitrogens with zero attached hydrogens (tertiary/aromatic N) is 1. The van der Waals surface area contributed by atoms with Crippen molar-refractivity contribution in [2.75, 3.05) is 6.61 Å². The number of fused-ring (bicyclic) bond motifs is 3. The number of benzene rings is 4. The first-order chi connectivity index (χ1) is 20.5. The maximum atomic E-state index is 13.8. The lowest BCUT2D eigenvalue weighted by Gasteiger charge is -2.33. The third kappa shape index (κ3) is 5.87. The van der Waals surface area contributed by atoms with Crippen LogP contribution >= 0.6 is 0 Å². The summed E-state index contributed by atoms with van der Waals surface area (Å²) in [6.07, 6.45) is 4.42. The second kappa shape index (κ2) is 12.1. The topological polar surface area (TPSA) is 58.6 Å². The molecule has 0 fully saturated rings. The zero-order valence-corrected chi connectivity index (χ0v) is 24.1. The van der Waals surface area contributed by atoms with Gasteiger partial charge in [0.2, 0.25) is 5.91 Å². The average Bonchev–Trinajstić information content (AvgIpc) is 3.31. The molecule has 212 valence electrons. The molecule has 0 bridgehead atoms. The third-order valence-corrected chi connectivity index (χ3v) is 8.37. The SMILES string of the molecule is Cc1ccc(CN2C(=O)C[C@@H](NC(=O)OCC3c4ccccc4-c4ccccc43)C/C=C\C2c2ccc(C)cc2)cc1. The molecular formula is C37H36N2O3. The fourth-order valence-electron chi connectivity index (χ4n) is 6.09. The number of alkyl carbamates (subject to hydrolysis) is 1. The zero-order chi connectivity index (χ0) is 29.1. The van der Waals surface area contributed by atoms with Crippen molar-refractivity contribution in [3.63, 3.8) is 0 Å². The molecule has 1 N–H and O–H groups in total. The largest absolute Gasteiger partial charge is 0.449 e. The molecule has 1 aliphatic heterocycles. The van der Waals surface area contributed by atoms with E-state index in [9.17, 15) is 9.59 Å². The highest BCUT2D eigenvalue weighted by Crippen LogP contribution is 2.44. The average molecular weight is 557 g/mol. The molecule has 5 heteroatoms. The van der Waals surface area contributed by atoms with Crippen LogP contribution in [-0.2, 0) is 16.1 Å². The Morgan fingerprint density at radius 1 is 0.833 bits per heavy atom. The number of carbonyl (C=O) groups excluding carboxylic acids is 2. The minimum absolute atomic E-state index is 0.00514. The molecule has 2 aliphatic rings. The second-order valence-corrected chi connectivity index (χ2v) is 11.4. The van der Waals surface area contributed by atoms with Gasteiger partial charge in [0, 0.05) is 24.9 Å². The molecule has 5 nitrogen and oxygen atoms in total. The fourth-order valence-corrected chi connectivity index (χ4v) is 6.09. The summed E-state index contributed by atoms with van der Waals surface area (Å²) in [4.78, 5) is 28.8. The predicted molar refractivity (Wildman–Crippen MR) is 166 cm³/mol. The smallest absolute Gasteiger partial charge is 0.407 e. The van der Waals surface area contributed by atoms with Gasteiger partial charge in [-0.15, -0.1) is 0 Å². The molecule has 4 aromatic carbocycles. The lowest BCUT2D eigenvalue weighted by atomic mass is 9.97. The summed E-state index contributed by atoms with van der Waals surface area (Å²) < 4.78 is 5.79. The van der Waals surface area contributed by atoms with Crippen molar-refractivity contribution >= 4 is 12.0 Å². The van der Waals surface area contributed by atoms with Crippen LogP contribution in [0.5, 0.6) is 0 Å². The van der Waals surface area contributed by atoms with Crippen LogP contribution in [0.4, 0.5) is 4.79 Å². The van der Waals surface area contributed by atoms with Gasteiger partial charge in [-0.1, -0.05) is 120 Å². The van der Waals surface area contributed by atoms with Crippen LogP contribution in [0, 0.1) is 13.8 Å². The van der Waals surface area contributed by atoms with Gasteiger partial charge in [-0.2, -0.15) is 0 Å². The summed E-state index contributed by atoms with van der Waals surface area (Å²) in [7, 11) is 0. The molecule has 1 aliphatic carbocycles. The summed E-state index contributed by atoms with van der Waals surface area (Å²) in [6, 6.07) is 32.7. The van der Waals surface area contributed by atoms with Gasteiger partial charge in [0.25, 0.3) is 0 Å². The lowest BCUT2D eigenvalue weighted by Crippen LogP contribution is -2.43. The van der Waals surface area contributed by atoms with Crippen molar-refractivity contribution in [2.45, 2.75) is 51.2 Å². The maximum Gasteiger partial charge on any atom is 0.407 e. The van der Waals surface area contributed by atoms with Crippen LogP contribution in [0.15, 0.2) is 109 Å². The number of aryl methyl sites for hydroxylation is 2. The highest BCUT2D eigenvalue weighted by atomic mass is 16.5. The summed E-state index contributed by atoms with van der Waals surface area (Å²) in [5, 5.41) is 2.98. The first kappa shape index (κ1) is 27.5. The van der Waals surface area contributed by atoms with E-state index in [1.807, 2.05) is 29.2 Å². The number of hydrogen-bond donors (Lipinski definition) is 1. The van der Waals surface area contributed by atoms with E-state index in [-0.39, 0.29) is 36.9 Å². The first-order valence-corrected chi connectivity index (χ1v) is 14.7. The van der Waals surface area contributed by atoms with Crippen LogP contribution in [0.3, 0.4) is 0 Å². The quantitative estimate of drug-likeness (QED) is 0.249. The van der Waals surface area contributed by atoms with E-state index in [1.165, 1.54) is 33.4 Å². The van der Waals surface area contributed by atoms with E-state index in [2.05, 4.69) is 104 Å². The van der Waals surface area contributed by atoms with Crippen molar-refractivity contribution in [2.24, 2.45) is 0 Å². The molecular weight excluding hydrogens is 520 g/mol. The Morgan fingerprint density at radius 3 is 2.07 bits per heavy atom. The number of nitrogens with one attached hydrogen (secondary N) is 1. The second-order valence-electron chi connectivity index (χ2n) is 11.4. The van der Waals surface area contributed by atoms with Gasteiger partial charge in [0.1, 0.15) is 6.61 Å². The predicted octanol–water partition coefficient (Wildman–Crippen LogP) is 7.63. The van der Waals surface area contributed by atoms with E-state index < -0.39 is 6.09 Å². The van der Waals surface area contributed by atoms with Gasteiger partial charge in [-0.3, -0.25) is 4.79 Å². The van der Waals surface area contributed by atoms with E-state index in [0.717, 1.165) is 11.1 Å². The van der Waals surface area contributed by atoms with Gasteiger partial charge < -0.3 is 15.0 Å². The maximum absolute atomic E-state index is 13.8. The van der Waals surface area contributed by atoms with Gasteiger partial charge >= 0.3 is 6.09 Å². The van der Waals surface area contributed by atoms with Crippen molar-refractivity contribution < 1.29 is 14.3 Å². The Hall–Kier alpha value is -4.64. The molecule has 2 amide bonds. The number of hydrogen-bond acceptors (Lipinski definition) is 3. The Kier molecular flexibility index (Phi) is 7.91. The number of amides is 2. The van der Waals surface area contributed by atoms with Crippen LogP contribution in [0.1, 0.15) is 58.2 Å². The molecule has 42 heavy (non-hydrogen) atoms. The molecule has 0 saturated carbocycles. The third-order valence-electron chi connectivity index (χ3n) is 8.37. The fraction of sp³-hybridized carbons (Fsp3) is 0.243. The van der Waals surface area contributed by atoms with E-state index in [1.54, 1.807) is 0 Å². The molecule has 6 rings (SSSR count). The summed E-state index contributed by atoms with van der Waals surface area (Å²) in [6.45, 7) is 4.85. The Bertz CT molecular complexity index is 1560. The summed E-state index contributed by atoms with van der Waals surface area (Å²) >= 11 is 0. The van der Waals surface area contributed by atoms with Crippen LogP contribution < -0.4 is 5.32 Å². The first-order valence-electron chi connectivity index (χ1n) is 14.7. The normalized spacial score (nSPS) is 18.9. The molecule has 2 atom stereocenters. The molecule has 0 aromatic heterocycles. The number of carbonyl (C=O) groups is 2. The van der Waals surface area contributed by atoms with E-state index >= 15 is 0 Å². The van der Waals surface area contributed by atoms with Gasteiger partial charge in [0.05, 0.1) is 6.04 Å². The molecule has 4 aromatic rings. The minimum Gasteiger partial charge on any atom is -0.449 e. The molecule has 1 unspecified atom stereocenters. The van der Waals surface area contributed by atoms with Crippen molar-refractivity contribution in [1.29, 1.82) is 0 Å². The van der Waals surface area contributed by atoms with Gasteiger partial charge in [-0.25, -0.2) is 4.79 Å². The van der Waals surface area contributed by atoms with Gasteiger partial charge in [0.15, 0.2) is 0 Å². The van der Waals surface area contributed by atoms with Crippen LogP contribution in [0.25, 0.3) is 11.1 Å². The van der Waals surface area contributed by atoms with Crippen LogP contribution in [-0.4, -0.2) is 29.5 Å². The minimum atomic E-state index is -0.496. The Balaban J connectivity index is 1.16. The number of rotatable bonds is 6. The molecule has 0 spiro atoms. The van der Waals surface area contributed by atoms with E-state index in [0.29, 0.717) is 13.0 Å². The lowest BCUT2D eigenvalue weighted by molar-refractivity contribution is -0.134. The highest BCUT2D eigenvalue weighted by molar-refractivity contribution is 5.80. The van der Waals surface area contributed by atoms with Crippen molar-refractivity contribution in [3.05, 3.63) is 143 Å². The highest BCUT2D eigenvalue weighted by Gasteiger charge is 2.31. The molecule has 1 heterocycles. The summed E-state index contributed by atoms with van der Waals surface area (Å²) in [5.74, 6) is -0.0169. The van der Waals surface area contributed by atoms with E-state index in [4.69, 9.17) is 4.74 Å². The van der Waals surface area contributed by atoms with Crippen LogP contribution in [0.2, 0.25) is 0 Å². The van der Waals surface area contributed by atoms with Crippen molar-refractivity contribution in [3.8, 4) is 11.1 Å². The Labute approximate surface area is 247 Å². The monoisotopic (exact) mass is 556 g/mol. The standard InChI is InChI=1S/C37H36N2O3/c1-25-14-18-27(19-15-25)23-39-35(28-20-16-26(2)17-21-28)13-7-8-29(22-36(39)40)38-37(41)42-24-34-32-11-5-3-9-30(32)31-10-4-6-12-33(31)34/h3-7,9-21,29,34-35H,8,22-24H2,1-2H3,(H,38,41)/b13-7-/t29-,35?/m0/s1. The molecule has 0 saturated heterocycles. The Morgan fingerprint density at radius 2 is 1.43 bits per heavy atom.